The van der Waals surface area contributed by atoms with Crippen LogP contribution in [0.5, 0.6) is 0 Å². The molecule has 0 spiro atoms. The van der Waals surface area contributed by atoms with E-state index in [9.17, 15) is 31.5 Å². The van der Waals surface area contributed by atoms with Crippen molar-refractivity contribution in [2.24, 2.45) is 0 Å². The zero-order valence-electron chi connectivity index (χ0n) is 6.82. The molecular formula is C6H5F5O3. The predicted molar refractivity (Wildman–Crippen MR) is 32.6 cm³/mol. The summed E-state index contributed by atoms with van der Waals surface area (Å²) < 4.78 is 64.0. The molecule has 0 bridgehead atoms. The zero-order valence-corrected chi connectivity index (χ0v) is 6.82. The first kappa shape index (κ1) is 12.8. The summed E-state index contributed by atoms with van der Waals surface area (Å²) in [6, 6.07) is -3.59. The van der Waals surface area contributed by atoms with Gasteiger partial charge in [0, 0.05) is 0 Å². The van der Waals surface area contributed by atoms with Crippen LogP contribution in [0.2, 0.25) is 0 Å². The smallest absolute Gasteiger partial charge is 0.414 e. The van der Waals surface area contributed by atoms with Crippen LogP contribution in [0.4, 0.5) is 22.0 Å². The molecule has 0 atom stereocenters. The fraction of sp³-hybridized carbons (Fsp3) is 0.667. The average Bonchev–Trinajstić information content (AvgIpc) is 2.04. The van der Waals surface area contributed by atoms with Gasteiger partial charge < -0.3 is 4.74 Å². The van der Waals surface area contributed by atoms with Gasteiger partial charge in [-0.3, -0.25) is 4.79 Å². The molecule has 0 aliphatic heterocycles. The molecule has 3 nitrogen and oxygen atoms in total. The highest BCUT2D eigenvalue weighted by molar-refractivity contribution is 5.89. The molecule has 0 amide bonds. The van der Waals surface area contributed by atoms with Crippen molar-refractivity contribution in [1.82, 2.24) is 0 Å². The maximum Gasteiger partial charge on any atom is 0.414 e. The van der Waals surface area contributed by atoms with Gasteiger partial charge >= 0.3 is 23.9 Å². The number of esters is 1. The summed E-state index contributed by atoms with van der Waals surface area (Å²) in [6.07, 6.45) is 0. The summed E-state index contributed by atoms with van der Waals surface area (Å²) in [5.41, 5.74) is 0. The van der Waals surface area contributed by atoms with Crippen LogP contribution in [0.1, 0.15) is 6.92 Å². The van der Waals surface area contributed by atoms with Crippen molar-refractivity contribution in [1.29, 1.82) is 0 Å². The molecular weight excluding hydrogens is 215 g/mol. The van der Waals surface area contributed by atoms with Crippen LogP contribution in [0.3, 0.4) is 0 Å². The largest absolute Gasteiger partial charge is 0.461 e. The van der Waals surface area contributed by atoms with E-state index >= 15 is 0 Å². The van der Waals surface area contributed by atoms with Gasteiger partial charge in [-0.1, -0.05) is 0 Å². The number of hydrogen-bond donors (Lipinski definition) is 0. The van der Waals surface area contributed by atoms with Crippen molar-refractivity contribution in [2.45, 2.75) is 18.8 Å². The number of alkyl halides is 4. The third kappa shape index (κ3) is 1.99. The van der Waals surface area contributed by atoms with Crippen LogP contribution in [-0.4, -0.2) is 30.5 Å². The summed E-state index contributed by atoms with van der Waals surface area (Å²) in [6.45, 7) is 0.494. The molecule has 82 valence electrons. The zero-order chi connectivity index (χ0) is 11.6. The molecule has 0 aliphatic rings. The van der Waals surface area contributed by atoms with Crippen molar-refractivity contribution in [2.75, 3.05) is 6.61 Å². The fourth-order valence-corrected chi connectivity index (χ4v) is 0.473. The van der Waals surface area contributed by atoms with Gasteiger partial charge in [0.05, 0.1) is 6.61 Å². The second-order valence-electron chi connectivity index (χ2n) is 2.14. The lowest BCUT2D eigenvalue weighted by Gasteiger charge is -2.20. The highest BCUT2D eigenvalue weighted by atomic mass is 19.3. The van der Waals surface area contributed by atoms with E-state index in [0.717, 1.165) is 6.92 Å². The second kappa shape index (κ2) is 3.89. The summed E-state index contributed by atoms with van der Waals surface area (Å²) >= 11 is 0. The van der Waals surface area contributed by atoms with E-state index in [1.165, 1.54) is 0 Å². The Balaban J connectivity index is 4.94. The molecule has 0 aromatic carbocycles. The Labute approximate surface area is 74.8 Å². The van der Waals surface area contributed by atoms with Gasteiger partial charge in [0.15, 0.2) is 0 Å². The molecule has 0 saturated carbocycles. The predicted octanol–water partition coefficient (Wildman–Crippen LogP) is 1.32. The molecule has 0 aliphatic carbocycles. The van der Waals surface area contributed by atoms with Crippen LogP contribution in [0.15, 0.2) is 0 Å². The summed E-state index contributed by atoms with van der Waals surface area (Å²) in [7, 11) is 0. The van der Waals surface area contributed by atoms with Crippen molar-refractivity contribution in [3.8, 4) is 0 Å². The molecule has 0 aromatic heterocycles. The van der Waals surface area contributed by atoms with E-state index in [0.29, 0.717) is 0 Å². The molecule has 8 heteroatoms. The summed E-state index contributed by atoms with van der Waals surface area (Å²) in [5.74, 6) is -13.8. The maximum absolute atomic E-state index is 12.3. The van der Waals surface area contributed by atoms with Gasteiger partial charge in [0.25, 0.3) is 0 Å². The summed E-state index contributed by atoms with van der Waals surface area (Å²) in [5, 5.41) is 0. The monoisotopic (exact) mass is 220 g/mol. The van der Waals surface area contributed by atoms with Crippen molar-refractivity contribution in [3.63, 3.8) is 0 Å². The first-order valence-corrected chi connectivity index (χ1v) is 3.30. The Morgan fingerprint density at radius 1 is 1.14 bits per heavy atom. The molecule has 0 heterocycles. The Kier molecular flexibility index (Phi) is 3.55. The van der Waals surface area contributed by atoms with E-state index in [1.54, 1.807) is 0 Å². The Bertz CT molecular complexity index is 250. The van der Waals surface area contributed by atoms with E-state index in [-0.39, 0.29) is 0 Å². The fourth-order valence-electron chi connectivity index (χ4n) is 0.473. The average molecular weight is 220 g/mol. The first-order valence-electron chi connectivity index (χ1n) is 3.30. The molecule has 0 fully saturated rings. The second-order valence-corrected chi connectivity index (χ2v) is 2.14. The van der Waals surface area contributed by atoms with Crippen LogP contribution >= 0.6 is 0 Å². The number of carbonyl (C=O) groups is 2. The number of carbonyl (C=O) groups excluding carboxylic acids is 2. The van der Waals surface area contributed by atoms with Crippen molar-refractivity contribution in [3.05, 3.63) is 0 Å². The minimum atomic E-state index is -5.70. The van der Waals surface area contributed by atoms with E-state index < -0.39 is 30.5 Å². The van der Waals surface area contributed by atoms with Crippen molar-refractivity contribution < 1.29 is 36.3 Å². The van der Waals surface area contributed by atoms with Crippen LogP contribution < -0.4 is 0 Å². The number of hydrogen-bond acceptors (Lipinski definition) is 3. The van der Waals surface area contributed by atoms with Crippen LogP contribution in [0, 0.1) is 0 Å². The quantitative estimate of drug-likeness (QED) is 0.407. The lowest BCUT2D eigenvalue weighted by Crippen LogP contribution is -2.51. The topological polar surface area (TPSA) is 43.4 Å². The Morgan fingerprint density at radius 3 is 1.86 bits per heavy atom. The van der Waals surface area contributed by atoms with E-state index in [2.05, 4.69) is 4.74 Å². The molecule has 0 radical (unpaired) electrons. The van der Waals surface area contributed by atoms with Gasteiger partial charge in [-0.15, -0.1) is 0 Å². The third-order valence-electron chi connectivity index (χ3n) is 1.17. The molecule has 0 aromatic rings. The SMILES string of the molecule is CCOC(=O)C(F)(F)C(F)(F)C(=O)F. The molecule has 0 saturated heterocycles. The van der Waals surface area contributed by atoms with Gasteiger partial charge in [0.1, 0.15) is 0 Å². The highest BCUT2D eigenvalue weighted by Crippen LogP contribution is 2.36. The Hall–Kier alpha value is -1.21. The minimum Gasteiger partial charge on any atom is -0.461 e. The minimum absolute atomic E-state index is 0.592. The maximum atomic E-state index is 12.3. The molecule has 0 unspecified atom stereocenters. The number of halogens is 5. The lowest BCUT2D eigenvalue weighted by atomic mass is 10.2. The Morgan fingerprint density at radius 2 is 1.57 bits per heavy atom. The van der Waals surface area contributed by atoms with Crippen molar-refractivity contribution >= 4 is 12.0 Å². The van der Waals surface area contributed by atoms with Gasteiger partial charge in [-0.25, -0.2) is 4.79 Å². The third-order valence-corrected chi connectivity index (χ3v) is 1.17. The van der Waals surface area contributed by atoms with E-state index in [1.807, 2.05) is 0 Å². The van der Waals surface area contributed by atoms with Gasteiger partial charge in [-0.05, 0) is 6.92 Å². The highest BCUT2D eigenvalue weighted by Gasteiger charge is 2.68. The molecule has 0 N–H and O–H groups in total. The first-order chi connectivity index (χ1) is 6.17. The number of ether oxygens (including phenoxy) is 1. The van der Waals surface area contributed by atoms with Gasteiger partial charge in [-0.2, -0.15) is 22.0 Å². The normalized spacial score (nSPS) is 12.4. The lowest BCUT2D eigenvalue weighted by molar-refractivity contribution is -0.230. The van der Waals surface area contributed by atoms with Crippen LogP contribution in [0.25, 0.3) is 0 Å². The standard InChI is InChI=1S/C6H5F5O3/c1-2-14-4(13)6(10,11)5(8,9)3(7)12/h2H2,1H3. The molecule has 0 rings (SSSR count). The number of rotatable bonds is 4. The van der Waals surface area contributed by atoms with Gasteiger partial charge in [0.2, 0.25) is 0 Å². The van der Waals surface area contributed by atoms with Crippen LogP contribution in [-0.2, 0) is 14.3 Å². The molecule has 14 heavy (non-hydrogen) atoms. The van der Waals surface area contributed by atoms with E-state index in [4.69, 9.17) is 0 Å². The summed E-state index contributed by atoms with van der Waals surface area (Å²) in [4.78, 5) is 19.8.